The Hall–Kier alpha value is -3.43. The molecule has 0 unspecified atom stereocenters. The molecule has 2 heterocycles. The van der Waals surface area contributed by atoms with Crippen LogP contribution in [0.3, 0.4) is 0 Å². The highest BCUT2D eigenvalue weighted by Gasteiger charge is 2.15. The van der Waals surface area contributed by atoms with Gasteiger partial charge in [0.15, 0.2) is 0 Å². The van der Waals surface area contributed by atoms with Crippen LogP contribution in [0.15, 0.2) is 63.9 Å². The summed E-state index contributed by atoms with van der Waals surface area (Å²) in [6, 6.07) is 19.2. The lowest BCUT2D eigenvalue weighted by molar-refractivity contribution is 0.573. The van der Waals surface area contributed by atoms with E-state index in [1.165, 1.54) is 0 Å². The van der Waals surface area contributed by atoms with Crippen molar-refractivity contribution < 1.29 is 0 Å². The van der Waals surface area contributed by atoms with Gasteiger partial charge in [0.05, 0.1) is 22.5 Å². The van der Waals surface area contributed by atoms with Crippen LogP contribution in [0, 0.1) is 32.1 Å². The van der Waals surface area contributed by atoms with E-state index < -0.39 is 0 Å². The second-order valence-corrected chi connectivity index (χ2v) is 8.03. The predicted octanol–water partition coefficient (Wildman–Crippen LogP) is 5.26. The number of fused-ring (bicyclic) bond motifs is 1. The lowest BCUT2D eigenvalue weighted by Crippen LogP contribution is -2.30. The van der Waals surface area contributed by atoms with Gasteiger partial charge in [-0.05, 0) is 68.3 Å². The van der Waals surface area contributed by atoms with Crippen LogP contribution in [-0.2, 0) is 0 Å². The van der Waals surface area contributed by atoms with Crippen LogP contribution in [0.25, 0.3) is 22.6 Å². The summed E-state index contributed by atoms with van der Waals surface area (Å²) in [4.78, 5) is 17.8. The second-order valence-electron chi connectivity index (χ2n) is 7.11. The van der Waals surface area contributed by atoms with E-state index in [0.29, 0.717) is 22.3 Å². The lowest BCUT2D eigenvalue weighted by atomic mass is 10.0. The third-order valence-electron chi connectivity index (χ3n) is 5.11. The first-order valence-electron chi connectivity index (χ1n) is 9.46. The molecular formula is C24H19BrN4O. The predicted molar refractivity (Wildman–Crippen MR) is 123 cm³/mol. The zero-order chi connectivity index (χ0) is 21.4. The minimum Gasteiger partial charge on any atom is -0.267 e. The Morgan fingerprint density at radius 2 is 1.83 bits per heavy atom. The van der Waals surface area contributed by atoms with Gasteiger partial charge in [0, 0.05) is 15.9 Å². The number of para-hydroxylation sites is 1. The summed E-state index contributed by atoms with van der Waals surface area (Å²) in [5, 5.41) is 10.3. The summed E-state index contributed by atoms with van der Waals surface area (Å²) in [6.45, 7) is 5.71. The van der Waals surface area contributed by atoms with E-state index in [2.05, 4.69) is 27.0 Å². The number of allylic oxidation sites excluding steroid dienone is 1. The van der Waals surface area contributed by atoms with Gasteiger partial charge in [-0.15, -0.1) is 0 Å². The zero-order valence-corrected chi connectivity index (χ0v) is 18.4. The Morgan fingerprint density at radius 1 is 1.07 bits per heavy atom. The normalized spacial score (nSPS) is 11.6. The van der Waals surface area contributed by atoms with Gasteiger partial charge in [-0.2, -0.15) is 9.94 Å². The molecule has 0 N–H and O–H groups in total. The maximum absolute atomic E-state index is 13.2. The fourth-order valence-electron chi connectivity index (χ4n) is 3.69. The number of nitriles is 1. The summed E-state index contributed by atoms with van der Waals surface area (Å²) < 4.78 is 4.37. The van der Waals surface area contributed by atoms with Crippen LogP contribution in [0.4, 0.5) is 0 Å². The second kappa shape index (κ2) is 7.77. The van der Waals surface area contributed by atoms with E-state index >= 15 is 0 Å². The van der Waals surface area contributed by atoms with Crippen molar-refractivity contribution in [1.82, 2.24) is 14.3 Å². The molecule has 148 valence electrons. The van der Waals surface area contributed by atoms with E-state index in [4.69, 9.17) is 0 Å². The molecule has 6 heteroatoms. The van der Waals surface area contributed by atoms with Crippen LogP contribution >= 0.6 is 15.9 Å². The highest BCUT2D eigenvalue weighted by Crippen LogP contribution is 2.24. The van der Waals surface area contributed by atoms with Gasteiger partial charge in [-0.3, -0.25) is 9.47 Å². The van der Waals surface area contributed by atoms with Crippen molar-refractivity contribution in [3.05, 3.63) is 97.8 Å². The summed E-state index contributed by atoms with van der Waals surface area (Å²) in [5.41, 5.74) is 4.56. The maximum atomic E-state index is 13.2. The van der Waals surface area contributed by atoms with Gasteiger partial charge >= 0.3 is 0 Å². The van der Waals surface area contributed by atoms with Gasteiger partial charge in [-0.1, -0.05) is 40.2 Å². The lowest BCUT2D eigenvalue weighted by Gasteiger charge is -2.16. The smallest absolute Gasteiger partial charge is 0.267 e. The number of rotatable bonds is 3. The summed E-state index contributed by atoms with van der Waals surface area (Å²) in [7, 11) is 0. The van der Waals surface area contributed by atoms with Gasteiger partial charge in [0.2, 0.25) is 0 Å². The molecule has 0 aliphatic heterocycles. The molecule has 0 spiro atoms. The first-order valence-corrected chi connectivity index (χ1v) is 10.3. The molecule has 0 radical (unpaired) electrons. The number of halogens is 1. The molecule has 30 heavy (non-hydrogen) atoms. The van der Waals surface area contributed by atoms with Crippen molar-refractivity contribution in [2.75, 3.05) is 0 Å². The van der Waals surface area contributed by atoms with E-state index in [0.717, 1.165) is 27.0 Å². The third kappa shape index (κ3) is 3.38. The Balaban J connectivity index is 1.91. The molecule has 0 saturated heterocycles. The van der Waals surface area contributed by atoms with E-state index in [9.17, 15) is 10.1 Å². The largest absolute Gasteiger partial charge is 0.280 e. The Labute approximate surface area is 182 Å². The quantitative estimate of drug-likeness (QED) is 0.393. The third-order valence-corrected chi connectivity index (χ3v) is 5.60. The molecular weight excluding hydrogens is 440 g/mol. The maximum Gasteiger partial charge on any atom is 0.280 e. The summed E-state index contributed by atoms with van der Waals surface area (Å²) in [5.74, 6) is 0.600. The highest BCUT2D eigenvalue weighted by molar-refractivity contribution is 9.10. The molecule has 0 aliphatic rings. The van der Waals surface area contributed by atoms with Crippen LogP contribution in [0.1, 0.15) is 28.3 Å². The minimum absolute atomic E-state index is 0.122. The Bertz CT molecular complexity index is 1420. The molecule has 0 atom stereocenters. The van der Waals surface area contributed by atoms with Gasteiger partial charge in [0.1, 0.15) is 5.82 Å². The number of hydrogen-bond acceptors (Lipinski definition) is 3. The topological polar surface area (TPSA) is 63.6 Å². The fourth-order valence-corrected chi connectivity index (χ4v) is 4.09. The minimum atomic E-state index is -0.122. The number of aromatic nitrogens is 3. The van der Waals surface area contributed by atoms with Crippen molar-refractivity contribution in [1.29, 1.82) is 5.26 Å². The van der Waals surface area contributed by atoms with E-state index in [1.54, 1.807) is 10.7 Å². The van der Waals surface area contributed by atoms with Crippen molar-refractivity contribution in [2.45, 2.75) is 20.8 Å². The van der Waals surface area contributed by atoms with Crippen LogP contribution in [-0.4, -0.2) is 14.3 Å². The van der Waals surface area contributed by atoms with Crippen molar-refractivity contribution in [2.24, 2.45) is 0 Å². The van der Waals surface area contributed by atoms with Crippen molar-refractivity contribution in [3.8, 4) is 6.07 Å². The molecule has 5 nitrogen and oxygen atoms in total. The average Bonchev–Trinajstić information content (AvgIpc) is 2.99. The van der Waals surface area contributed by atoms with Crippen LogP contribution in [0.2, 0.25) is 0 Å². The highest BCUT2D eigenvalue weighted by atomic mass is 79.9. The molecule has 4 rings (SSSR count). The molecule has 4 aromatic rings. The van der Waals surface area contributed by atoms with E-state index in [1.807, 2.05) is 80.1 Å². The van der Waals surface area contributed by atoms with Gasteiger partial charge < -0.3 is 0 Å². The fraction of sp³-hybridized carbons (Fsp3) is 0.125. The molecule has 2 aromatic carbocycles. The molecule has 0 bridgehead atoms. The van der Waals surface area contributed by atoms with Gasteiger partial charge in [-0.25, -0.2) is 4.98 Å². The van der Waals surface area contributed by atoms with Crippen LogP contribution in [0.5, 0.6) is 0 Å². The Kier molecular flexibility index (Phi) is 5.15. The number of hydrogen-bond donors (Lipinski definition) is 0. The van der Waals surface area contributed by atoms with Crippen molar-refractivity contribution >= 4 is 38.5 Å². The van der Waals surface area contributed by atoms with Gasteiger partial charge in [0.25, 0.3) is 5.56 Å². The molecule has 0 saturated carbocycles. The average molecular weight is 459 g/mol. The first-order chi connectivity index (χ1) is 14.4. The molecule has 0 fully saturated rings. The molecule has 0 amide bonds. The first kappa shape index (κ1) is 19.9. The number of aryl methyl sites for hydroxylation is 2. The van der Waals surface area contributed by atoms with Crippen molar-refractivity contribution in [3.63, 3.8) is 0 Å². The standard InChI is InChI=1S/C24H19BrN4O/c1-15-11-19(12-20(14-26)18-7-6-8-21(25)13-18)16(2)28(15)29-17(3)27-23-10-5-4-9-22(23)24(29)30/h4-13H,1-3H3. The monoisotopic (exact) mass is 458 g/mol. The SMILES string of the molecule is Cc1cc(C=C(C#N)c2cccc(Br)c2)c(C)n1-n1c(C)nc2ccccc2c1=O. The molecule has 2 aromatic heterocycles. The summed E-state index contributed by atoms with van der Waals surface area (Å²) in [6.07, 6.45) is 1.86. The Morgan fingerprint density at radius 3 is 2.57 bits per heavy atom. The number of benzene rings is 2. The molecule has 0 aliphatic carbocycles. The van der Waals surface area contributed by atoms with E-state index in [-0.39, 0.29) is 5.56 Å². The zero-order valence-electron chi connectivity index (χ0n) is 16.8. The summed E-state index contributed by atoms with van der Waals surface area (Å²) >= 11 is 3.46. The van der Waals surface area contributed by atoms with Crippen LogP contribution < -0.4 is 5.56 Å². The number of nitrogens with zero attached hydrogens (tertiary/aromatic N) is 4.